The largest absolute Gasteiger partial charge is 0.349 e. The van der Waals surface area contributed by atoms with Crippen LogP contribution < -0.4 is 10.2 Å². The van der Waals surface area contributed by atoms with E-state index in [-0.39, 0.29) is 30.6 Å². The van der Waals surface area contributed by atoms with E-state index in [1.54, 1.807) is 35.1 Å². The van der Waals surface area contributed by atoms with Crippen molar-refractivity contribution in [2.24, 2.45) is 0 Å². The zero-order valence-corrected chi connectivity index (χ0v) is 16.3. The first-order chi connectivity index (χ1) is 14.5. The molecule has 2 aromatic heterocycles. The summed E-state index contributed by atoms with van der Waals surface area (Å²) in [6.07, 6.45) is 2.09. The van der Waals surface area contributed by atoms with Gasteiger partial charge in [-0.3, -0.25) is 24.0 Å². The van der Waals surface area contributed by atoms with Crippen LogP contribution in [0.5, 0.6) is 0 Å². The molecule has 30 heavy (non-hydrogen) atoms. The van der Waals surface area contributed by atoms with Crippen LogP contribution >= 0.6 is 0 Å². The van der Waals surface area contributed by atoms with Gasteiger partial charge in [-0.25, -0.2) is 9.97 Å². The molecule has 0 saturated carbocycles. The second-order valence-electron chi connectivity index (χ2n) is 7.28. The number of benzene rings is 1. The van der Waals surface area contributed by atoms with Gasteiger partial charge in [0.15, 0.2) is 5.82 Å². The molecule has 5 rings (SSSR count). The normalized spacial score (nSPS) is 16.0. The highest BCUT2D eigenvalue weighted by atomic mass is 16.2. The van der Waals surface area contributed by atoms with E-state index in [2.05, 4.69) is 20.4 Å². The lowest BCUT2D eigenvalue weighted by Gasteiger charge is -2.16. The zero-order valence-electron chi connectivity index (χ0n) is 16.3. The van der Waals surface area contributed by atoms with Crippen molar-refractivity contribution in [3.8, 4) is 22.8 Å². The van der Waals surface area contributed by atoms with Gasteiger partial charge >= 0.3 is 0 Å². The molecule has 9 nitrogen and oxygen atoms in total. The Morgan fingerprint density at radius 3 is 2.57 bits per heavy atom. The van der Waals surface area contributed by atoms with Crippen molar-refractivity contribution in [3.63, 3.8) is 0 Å². The predicted octanol–water partition coefficient (Wildman–Crippen LogP) is 1.71. The van der Waals surface area contributed by atoms with Gasteiger partial charge < -0.3 is 5.32 Å². The summed E-state index contributed by atoms with van der Waals surface area (Å²) in [5, 5.41) is 7.29. The number of anilines is 1. The number of hydrogen-bond donors (Lipinski definition) is 1. The van der Waals surface area contributed by atoms with Crippen LogP contribution in [-0.4, -0.2) is 44.0 Å². The standard InChI is InChI=1S/C21H18N6O3/c1-12-2-3-13(27-18(28)4-5-19(27)29)10-14(12)20-22-7-6-15(24-20)16-11-17-21(30)23-8-9-26(17)25-16/h2-3,6-7,10-11H,4-5,8-9H2,1H3,(H,23,30). The molecule has 150 valence electrons. The molecule has 1 saturated heterocycles. The van der Waals surface area contributed by atoms with Crippen LogP contribution in [0.15, 0.2) is 36.5 Å². The van der Waals surface area contributed by atoms with Gasteiger partial charge in [0, 0.05) is 31.1 Å². The quantitative estimate of drug-likeness (QED) is 0.668. The molecule has 1 aromatic carbocycles. The minimum absolute atomic E-state index is 0.155. The number of imide groups is 1. The second kappa shape index (κ2) is 6.87. The molecule has 3 aromatic rings. The van der Waals surface area contributed by atoms with Gasteiger partial charge in [0.2, 0.25) is 11.8 Å². The van der Waals surface area contributed by atoms with Crippen LogP contribution in [0.2, 0.25) is 0 Å². The molecule has 0 radical (unpaired) electrons. The molecule has 0 aliphatic carbocycles. The first kappa shape index (κ1) is 18.2. The molecule has 3 amide bonds. The van der Waals surface area contributed by atoms with Gasteiger partial charge in [-0.2, -0.15) is 5.10 Å². The Labute approximate surface area is 171 Å². The molecule has 9 heteroatoms. The van der Waals surface area contributed by atoms with Crippen molar-refractivity contribution >= 4 is 23.4 Å². The van der Waals surface area contributed by atoms with Crippen molar-refractivity contribution in [1.82, 2.24) is 25.1 Å². The third-order valence-electron chi connectivity index (χ3n) is 5.31. The van der Waals surface area contributed by atoms with Crippen LogP contribution in [-0.2, 0) is 16.1 Å². The van der Waals surface area contributed by atoms with E-state index in [1.807, 2.05) is 13.0 Å². The van der Waals surface area contributed by atoms with E-state index in [9.17, 15) is 14.4 Å². The van der Waals surface area contributed by atoms with Gasteiger partial charge in [0.1, 0.15) is 11.4 Å². The van der Waals surface area contributed by atoms with Gasteiger partial charge in [0.05, 0.1) is 17.9 Å². The fraction of sp³-hybridized carbons (Fsp3) is 0.238. The second-order valence-corrected chi connectivity index (χ2v) is 7.28. The molecule has 0 atom stereocenters. The van der Waals surface area contributed by atoms with Crippen molar-refractivity contribution in [2.75, 3.05) is 11.4 Å². The summed E-state index contributed by atoms with van der Waals surface area (Å²) in [5.41, 5.74) is 3.84. The summed E-state index contributed by atoms with van der Waals surface area (Å²) in [4.78, 5) is 46.5. The highest BCUT2D eigenvalue weighted by molar-refractivity contribution is 6.20. The molecule has 0 bridgehead atoms. The molecule has 0 spiro atoms. The molecular formula is C21H18N6O3. The van der Waals surface area contributed by atoms with Crippen molar-refractivity contribution in [1.29, 1.82) is 0 Å². The number of aryl methyl sites for hydroxylation is 1. The Bertz CT molecular complexity index is 1200. The lowest BCUT2D eigenvalue weighted by molar-refractivity contribution is -0.121. The summed E-state index contributed by atoms with van der Waals surface area (Å²) in [6.45, 7) is 3.07. The summed E-state index contributed by atoms with van der Waals surface area (Å²) < 4.78 is 1.67. The van der Waals surface area contributed by atoms with Gasteiger partial charge in [-0.1, -0.05) is 6.07 Å². The highest BCUT2D eigenvalue weighted by Crippen LogP contribution is 2.30. The first-order valence-corrected chi connectivity index (χ1v) is 9.67. The number of carbonyl (C=O) groups is 3. The molecule has 0 unspecified atom stereocenters. The summed E-state index contributed by atoms with van der Waals surface area (Å²) in [6, 6.07) is 8.82. The molecular weight excluding hydrogens is 384 g/mol. The average Bonchev–Trinajstić information content (AvgIpc) is 3.33. The zero-order chi connectivity index (χ0) is 20.8. The van der Waals surface area contributed by atoms with E-state index in [1.165, 1.54) is 4.90 Å². The monoisotopic (exact) mass is 402 g/mol. The highest BCUT2D eigenvalue weighted by Gasteiger charge is 2.30. The Morgan fingerprint density at radius 1 is 1.00 bits per heavy atom. The molecule has 1 N–H and O–H groups in total. The Balaban J connectivity index is 1.55. The average molecular weight is 402 g/mol. The maximum atomic E-state index is 12.1. The third-order valence-corrected chi connectivity index (χ3v) is 5.31. The fourth-order valence-corrected chi connectivity index (χ4v) is 3.75. The van der Waals surface area contributed by atoms with Crippen LogP contribution in [0.3, 0.4) is 0 Å². The molecule has 4 heterocycles. The van der Waals surface area contributed by atoms with E-state index >= 15 is 0 Å². The fourth-order valence-electron chi connectivity index (χ4n) is 3.75. The number of carbonyl (C=O) groups excluding carboxylic acids is 3. The number of rotatable bonds is 3. The van der Waals surface area contributed by atoms with Gasteiger partial charge in [-0.05, 0) is 36.8 Å². The summed E-state index contributed by atoms with van der Waals surface area (Å²) in [7, 11) is 0. The number of fused-ring (bicyclic) bond motifs is 1. The number of nitrogens with zero attached hydrogens (tertiary/aromatic N) is 5. The maximum absolute atomic E-state index is 12.1. The topological polar surface area (TPSA) is 110 Å². The van der Waals surface area contributed by atoms with Crippen molar-refractivity contribution in [2.45, 2.75) is 26.3 Å². The van der Waals surface area contributed by atoms with Crippen LogP contribution in [0.4, 0.5) is 5.69 Å². The number of aromatic nitrogens is 4. The van der Waals surface area contributed by atoms with Gasteiger partial charge in [-0.15, -0.1) is 0 Å². The van der Waals surface area contributed by atoms with Crippen LogP contribution in [0.25, 0.3) is 22.8 Å². The smallest absolute Gasteiger partial charge is 0.269 e. The number of hydrogen-bond acceptors (Lipinski definition) is 6. The lowest BCUT2D eigenvalue weighted by atomic mass is 10.1. The van der Waals surface area contributed by atoms with E-state index in [0.717, 1.165) is 11.1 Å². The van der Waals surface area contributed by atoms with Crippen LogP contribution in [0.1, 0.15) is 28.9 Å². The number of amides is 3. The lowest BCUT2D eigenvalue weighted by Crippen LogP contribution is -2.35. The summed E-state index contributed by atoms with van der Waals surface area (Å²) in [5.74, 6) is -0.100. The van der Waals surface area contributed by atoms with Gasteiger partial charge in [0.25, 0.3) is 5.91 Å². The van der Waals surface area contributed by atoms with Crippen molar-refractivity contribution < 1.29 is 14.4 Å². The minimum Gasteiger partial charge on any atom is -0.349 e. The SMILES string of the molecule is Cc1ccc(N2C(=O)CCC2=O)cc1-c1nccc(-c2cc3n(n2)CCNC3=O)n1. The molecule has 2 aliphatic heterocycles. The summed E-state index contributed by atoms with van der Waals surface area (Å²) >= 11 is 0. The van der Waals surface area contributed by atoms with E-state index in [0.29, 0.717) is 41.7 Å². The third kappa shape index (κ3) is 2.95. The van der Waals surface area contributed by atoms with E-state index in [4.69, 9.17) is 0 Å². The Hall–Kier alpha value is -3.88. The minimum atomic E-state index is -0.202. The first-order valence-electron chi connectivity index (χ1n) is 9.67. The predicted molar refractivity (Wildman–Crippen MR) is 107 cm³/mol. The molecule has 2 aliphatic rings. The van der Waals surface area contributed by atoms with Crippen LogP contribution in [0, 0.1) is 6.92 Å². The number of nitrogens with one attached hydrogen (secondary N) is 1. The maximum Gasteiger partial charge on any atom is 0.269 e. The van der Waals surface area contributed by atoms with E-state index < -0.39 is 0 Å². The molecule has 1 fully saturated rings. The van der Waals surface area contributed by atoms with Crippen molar-refractivity contribution in [3.05, 3.63) is 47.8 Å². The Morgan fingerprint density at radius 2 is 1.80 bits per heavy atom. The Kier molecular flexibility index (Phi) is 4.16.